The largest absolute Gasteiger partial charge is 0.299 e. The summed E-state index contributed by atoms with van der Waals surface area (Å²) in [7, 11) is 1.99. The maximum Gasteiger partial charge on any atom is 0.154 e. The summed E-state index contributed by atoms with van der Waals surface area (Å²) >= 11 is 3.51. The molecule has 1 saturated heterocycles. The van der Waals surface area contributed by atoms with Crippen molar-refractivity contribution >= 4 is 21.7 Å². The zero-order valence-electron chi connectivity index (χ0n) is 8.74. The predicted octanol–water partition coefficient (Wildman–Crippen LogP) is 2.44. The highest BCUT2D eigenvalue weighted by atomic mass is 79.9. The van der Waals surface area contributed by atoms with E-state index in [-0.39, 0.29) is 5.92 Å². The summed E-state index contributed by atoms with van der Waals surface area (Å²) in [6.45, 7) is 1.57. The molecule has 0 aliphatic carbocycles. The first-order valence-electron chi connectivity index (χ1n) is 5.14. The van der Waals surface area contributed by atoms with E-state index in [1.165, 1.54) is 0 Å². The van der Waals surface area contributed by atoms with E-state index < -0.39 is 0 Å². The predicted molar refractivity (Wildman–Crippen MR) is 64.0 cm³/mol. The molecule has 0 radical (unpaired) electrons. The van der Waals surface area contributed by atoms with E-state index in [0.29, 0.717) is 12.3 Å². The summed E-state index contributed by atoms with van der Waals surface area (Å²) in [5.74, 6) is 0.410. The lowest BCUT2D eigenvalue weighted by atomic mass is 9.88. The number of benzene rings is 1. The Morgan fingerprint density at radius 3 is 2.80 bits per heavy atom. The summed E-state index contributed by atoms with van der Waals surface area (Å²) in [5, 5.41) is 0. The number of ketones is 1. The Kier molecular flexibility index (Phi) is 3.22. The van der Waals surface area contributed by atoms with Crippen molar-refractivity contribution in [2.24, 2.45) is 0 Å². The van der Waals surface area contributed by atoms with E-state index in [4.69, 9.17) is 0 Å². The zero-order valence-corrected chi connectivity index (χ0v) is 10.3. The van der Waals surface area contributed by atoms with Gasteiger partial charge in [0.2, 0.25) is 0 Å². The lowest BCUT2D eigenvalue weighted by molar-refractivity contribution is -0.123. The van der Waals surface area contributed by atoms with E-state index in [0.717, 1.165) is 23.0 Å². The second-order valence-corrected chi connectivity index (χ2v) is 4.92. The number of likely N-dealkylation sites (tertiary alicyclic amines) is 1. The molecule has 1 atom stereocenters. The van der Waals surface area contributed by atoms with Gasteiger partial charge in [-0.1, -0.05) is 34.1 Å². The Bertz CT molecular complexity index is 378. The molecule has 1 unspecified atom stereocenters. The number of carbonyl (C=O) groups is 1. The highest BCUT2D eigenvalue weighted by Crippen LogP contribution is 2.30. The number of likely N-dealkylation sites (N-methyl/N-ethyl adjacent to an activating group) is 1. The Hall–Kier alpha value is -0.670. The molecule has 1 fully saturated rings. The van der Waals surface area contributed by atoms with Crippen LogP contribution in [-0.4, -0.2) is 30.8 Å². The molecule has 1 aromatic carbocycles. The fourth-order valence-electron chi connectivity index (χ4n) is 2.05. The van der Waals surface area contributed by atoms with Crippen LogP contribution in [0.15, 0.2) is 28.7 Å². The summed E-state index contributed by atoms with van der Waals surface area (Å²) in [5.41, 5.74) is 1.13. The second kappa shape index (κ2) is 4.45. The van der Waals surface area contributed by atoms with Crippen molar-refractivity contribution in [3.05, 3.63) is 34.3 Å². The van der Waals surface area contributed by atoms with Gasteiger partial charge in [-0.3, -0.25) is 9.69 Å². The molecule has 2 nitrogen and oxygen atoms in total. The average molecular weight is 268 g/mol. The molecule has 1 aliphatic rings. The normalized spacial score (nSPS) is 23.1. The molecular formula is C12H14BrNO. The Balaban J connectivity index is 2.24. The van der Waals surface area contributed by atoms with Crippen molar-refractivity contribution in [3.8, 4) is 0 Å². The van der Waals surface area contributed by atoms with Gasteiger partial charge in [-0.05, 0) is 31.6 Å². The fourth-order valence-corrected chi connectivity index (χ4v) is 2.61. The molecule has 1 aromatic rings. The summed E-state index contributed by atoms with van der Waals surface area (Å²) in [4.78, 5) is 14.0. The molecule has 80 valence electrons. The van der Waals surface area contributed by atoms with Gasteiger partial charge in [0, 0.05) is 10.4 Å². The van der Waals surface area contributed by atoms with E-state index in [1.54, 1.807) is 0 Å². The van der Waals surface area contributed by atoms with Gasteiger partial charge in [-0.2, -0.15) is 0 Å². The van der Waals surface area contributed by atoms with E-state index in [2.05, 4.69) is 20.8 Å². The summed E-state index contributed by atoms with van der Waals surface area (Å²) in [6.07, 6.45) is 0.929. The Morgan fingerprint density at radius 2 is 2.13 bits per heavy atom. The van der Waals surface area contributed by atoms with Gasteiger partial charge in [0.15, 0.2) is 5.78 Å². The fraction of sp³-hybridized carbons (Fsp3) is 0.417. The minimum atomic E-state index is 0.0803. The van der Waals surface area contributed by atoms with Crippen molar-refractivity contribution < 1.29 is 4.79 Å². The first-order valence-corrected chi connectivity index (χ1v) is 5.93. The number of carbonyl (C=O) groups excluding carboxylic acids is 1. The number of hydrogen-bond donors (Lipinski definition) is 0. The molecular weight excluding hydrogens is 254 g/mol. The first-order chi connectivity index (χ1) is 7.18. The van der Waals surface area contributed by atoms with Crippen LogP contribution in [0.3, 0.4) is 0 Å². The molecule has 1 heterocycles. The summed E-state index contributed by atoms with van der Waals surface area (Å²) < 4.78 is 1.05. The lowest BCUT2D eigenvalue weighted by Crippen LogP contribution is -2.37. The van der Waals surface area contributed by atoms with Gasteiger partial charge in [0.25, 0.3) is 0 Å². The van der Waals surface area contributed by atoms with Gasteiger partial charge in [-0.25, -0.2) is 0 Å². The smallest absolute Gasteiger partial charge is 0.154 e. The Morgan fingerprint density at radius 1 is 1.40 bits per heavy atom. The molecule has 15 heavy (non-hydrogen) atoms. The van der Waals surface area contributed by atoms with Crippen LogP contribution in [0.1, 0.15) is 17.9 Å². The molecule has 0 amide bonds. The van der Waals surface area contributed by atoms with E-state index in [1.807, 2.05) is 31.3 Å². The van der Waals surface area contributed by atoms with Gasteiger partial charge in [-0.15, -0.1) is 0 Å². The number of nitrogens with zero attached hydrogens (tertiary/aromatic N) is 1. The third kappa shape index (κ3) is 2.29. The molecule has 0 N–H and O–H groups in total. The standard InChI is InChI=1S/C12H14BrNO/c1-14-7-6-10(12(15)8-14)9-4-2-3-5-11(9)13/h2-5,10H,6-8H2,1H3. The number of piperidine rings is 1. The summed E-state index contributed by atoms with van der Waals surface area (Å²) in [6, 6.07) is 8.01. The van der Waals surface area contributed by atoms with Gasteiger partial charge < -0.3 is 0 Å². The van der Waals surface area contributed by atoms with E-state index in [9.17, 15) is 4.79 Å². The number of halogens is 1. The van der Waals surface area contributed by atoms with Crippen LogP contribution in [0.2, 0.25) is 0 Å². The minimum Gasteiger partial charge on any atom is -0.299 e. The van der Waals surface area contributed by atoms with Crippen LogP contribution >= 0.6 is 15.9 Å². The maximum atomic E-state index is 11.9. The quantitative estimate of drug-likeness (QED) is 0.779. The van der Waals surface area contributed by atoms with Gasteiger partial charge in [0.1, 0.15) is 0 Å². The third-order valence-corrected chi connectivity index (χ3v) is 3.62. The zero-order chi connectivity index (χ0) is 10.8. The van der Waals surface area contributed by atoms with Crippen LogP contribution in [0.25, 0.3) is 0 Å². The SMILES string of the molecule is CN1CCC(c2ccccc2Br)C(=O)C1. The van der Waals surface area contributed by atoms with Crippen LogP contribution in [0, 0.1) is 0 Å². The van der Waals surface area contributed by atoms with Crippen LogP contribution in [0.5, 0.6) is 0 Å². The first kappa shape index (κ1) is 10.8. The van der Waals surface area contributed by atoms with Crippen molar-refractivity contribution in [1.29, 1.82) is 0 Å². The van der Waals surface area contributed by atoms with Gasteiger partial charge >= 0.3 is 0 Å². The molecule has 0 spiro atoms. The van der Waals surface area contributed by atoms with Crippen molar-refractivity contribution in [2.45, 2.75) is 12.3 Å². The van der Waals surface area contributed by atoms with Crippen molar-refractivity contribution in [2.75, 3.05) is 20.1 Å². The maximum absolute atomic E-state index is 11.9. The van der Waals surface area contributed by atoms with Gasteiger partial charge in [0.05, 0.1) is 6.54 Å². The van der Waals surface area contributed by atoms with Crippen molar-refractivity contribution in [1.82, 2.24) is 4.90 Å². The van der Waals surface area contributed by atoms with Crippen LogP contribution in [-0.2, 0) is 4.79 Å². The molecule has 2 rings (SSSR count). The minimum absolute atomic E-state index is 0.0803. The average Bonchev–Trinajstić information content (AvgIpc) is 2.20. The molecule has 3 heteroatoms. The van der Waals surface area contributed by atoms with Crippen molar-refractivity contribution in [3.63, 3.8) is 0 Å². The number of hydrogen-bond acceptors (Lipinski definition) is 2. The topological polar surface area (TPSA) is 20.3 Å². The second-order valence-electron chi connectivity index (χ2n) is 4.07. The monoisotopic (exact) mass is 267 g/mol. The highest BCUT2D eigenvalue weighted by molar-refractivity contribution is 9.10. The Labute approximate surface area is 98.4 Å². The van der Waals surface area contributed by atoms with E-state index >= 15 is 0 Å². The molecule has 0 bridgehead atoms. The number of Topliss-reactive ketones (excluding diaryl/α,β-unsaturated/α-hetero) is 1. The van der Waals surface area contributed by atoms with Crippen LogP contribution < -0.4 is 0 Å². The highest BCUT2D eigenvalue weighted by Gasteiger charge is 2.27. The molecule has 0 saturated carbocycles. The molecule has 1 aliphatic heterocycles. The van der Waals surface area contributed by atoms with Crippen LogP contribution in [0.4, 0.5) is 0 Å². The lowest BCUT2D eigenvalue weighted by Gasteiger charge is -2.28. The third-order valence-electron chi connectivity index (χ3n) is 2.89. The number of rotatable bonds is 1. The molecule has 0 aromatic heterocycles.